The molecular weight excluding hydrogens is 240 g/mol. The molecule has 2 aromatic rings. The maximum atomic E-state index is 10.4. The Morgan fingerprint density at radius 3 is 2.82 bits per heavy atom. The lowest BCUT2D eigenvalue weighted by atomic mass is 10.3. The van der Waals surface area contributed by atoms with Gasteiger partial charge >= 0.3 is 5.88 Å². The molecule has 1 aromatic heterocycles. The zero-order valence-electron chi connectivity index (χ0n) is 8.83. The molecule has 17 heavy (non-hydrogen) atoms. The molecule has 0 aliphatic rings. The van der Waals surface area contributed by atoms with Crippen LogP contribution in [0.2, 0.25) is 0 Å². The molecule has 5 nitrogen and oxygen atoms in total. The van der Waals surface area contributed by atoms with Gasteiger partial charge in [-0.2, -0.15) is 0 Å². The summed E-state index contributed by atoms with van der Waals surface area (Å²) in [5.74, 6) is 0.884. The second kappa shape index (κ2) is 4.92. The average molecular weight is 250 g/mol. The van der Waals surface area contributed by atoms with Crippen LogP contribution in [0.15, 0.2) is 45.7 Å². The van der Waals surface area contributed by atoms with E-state index < -0.39 is 4.92 Å². The maximum Gasteiger partial charge on any atom is 0.433 e. The van der Waals surface area contributed by atoms with Gasteiger partial charge in [0.25, 0.3) is 0 Å². The predicted molar refractivity (Wildman–Crippen MR) is 65.8 cm³/mol. The van der Waals surface area contributed by atoms with Gasteiger partial charge in [-0.3, -0.25) is 10.1 Å². The Morgan fingerprint density at radius 1 is 1.35 bits per heavy atom. The standard InChI is InChI=1S/C11H10N2O3S/c12-8-2-1-3-10(6-8)17-7-9-4-5-11(16-9)13(14)15/h1-6H,7,12H2. The lowest BCUT2D eigenvalue weighted by Gasteiger charge is -2.00. The summed E-state index contributed by atoms with van der Waals surface area (Å²) < 4.78 is 5.05. The molecular formula is C11H10N2O3S. The monoisotopic (exact) mass is 250 g/mol. The first-order chi connectivity index (χ1) is 8.15. The summed E-state index contributed by atoms with van der Waals surface area (Å²) in [6.07, 6.45) is 0. The van der Waals surface area contributed by atoms with E-state index in [0.29, 0.717) is 17.2 Å². The lowest BCUT2D eigenvalue weighted by Crippen LogP contribution is -1.84. The van der Waals surface area contributed by atoms with E-state index in [1.54, 1.807) is 6.07 Å². The first-order valence-corrected chi connectivity index (χ1v) is 5.85. The van der Waals surface area contributed by atoms with Crippen molar-refractivity contribution in [1.29, 1.82) is 0 Å². The molecule has 0 saturated carbocycles. The van der Waals surface area contributed by atoms with Gasteiger partial charge in [0.15, 0.2) is 0 Å². The normalized spacial score (nSPS) is 10.4. The summed E-state index contributed by atoms with van der Waals surface area (Å²) in [6.45, 7) is 0. The third kappa shape index (κ3) is 3.01. The van der Waals surface area contributed by atoms with Gasteiger partial charge in [0, 0.05) is 10.6 Å². The van der Waals surface area contributed by atoms with E-state index in [-0.39, 0.29) is 5.88 Å². The molecule has 0 unspecified atom stereocenters. The van der Waals surface area contributed by atoms with Crippen molar-refractivity contribution in [3.63, 3.8) is 0 Å². The van der Waals surface area contributed by atoms with Gasteiger partial charge in [0.2, 0.25) is 0 Å². The summed E-state index contributed by atoms with van der Waals surface area (Å²) in [5.41, 5.74) is 6.34. The van der Waals surface area contributed by atoms with Gasteiger partial charge in [-0.05, 0) is 24.3 Å². The van der Waals surface area contributed by atoms with Gasteiger partial charge in [-0.1, -0.05) is 6.07 Å². The highest BCUT2D eigenvalue weighted by Gasteiger charge is 2.11. The largest absolute Gasteiger partial charge is 0.433 e. The molecule has 0 amide bonds. The molecule has 6 heteroatoms. The van der Waals surface area contributed by atoms with Crippen LogP contribution in [0.25, 0.3) is 0 Å². The number of nitro groups is 1. The molecule has 0 aliphatic carbocycles. The average Bonchev–Trinajstić information content (AvgIpc) is 2.75. The van der Waals surface area contributed by atoms with Crippen molar-refractivity contribution in [2.24, 2.45) is 0 Å². The van der Waals surface area contributed by atoms with Crippen LogP contribution >= 0.6 is 11.8 Å². The Bertz CT molecular complexity index is 539. The fraction of sp³-hybridized carbons (Fsp3) is 0.0909. The highest BCUT2D eigenvalue weighted by atomic mass is 32.2. The van der Waals surface area contributed by atoms with Gasteiger partial charge < -0.3 is 10.2 Å². The lowest BCUT2D eigenvalue weighted by molar-refractivity contribution is -0.402. The van der Waals surface area contributed by atoms with E-state index in [1.807, 2.05) is 24.3 Å². The predicted octanol–water partition coefficient (Wildman–Crippen LogP) is 3.06. The van der Waals surface area contributed by atoms with E-state index in [2.05, 4.69) is 0 Å². The molecule has 0 aliphatic heterocycles. The topological polar surface area (TPSA) is 82.3 Å². The number of benzene rings is 1. The minimum absolute atomic E-state index is 0.229. The van der Waals surface area contributed by atoms with Crippen molar-refractivity contribution in [3.8, 4) is 0 Å². The number of hydrogen-bond acceptors (Lipinski definition) is 5. The van der Waals surface area contributed by atoms with Crippen LogP contribution in [-0.2, 0) is 5.75 Å². The van der Waals surface area contributed by atoms with Gasteiger partial charge in [0.1, 0.15) is 10.7 Å². The van der Waals surface area contributed by atoms with Crippen molar-refractivity contribution >= 4 is 23.3 Å². The molecule has 2 N–H and O–H groups in total. The quantitative estimate of drug-likeness (QED) is 0.390. The van der Waals surface area contributed by atoms with Crippen molar-refractivity contribution in [1.82, 2.24) is 0 Å². The van der Waals surface area contributed by atoms with Crippen LogP contribution in [0.3, 0.4) is 0 Å². The van der Waals surface area contributed by atoms with E-state index in [9.17, 15) is 10.1 Å². The molecule has 88 valence electrons. The molecule has 1 heterocycles. The van der Waals surface area contributed by atoms with Gasteiger partial charge in [-0.15, -0.1) is 11.8 Å². The Kier molecular flexibility index (Phi) is 3.34. The third-order valence-corrected chi connectivity index (χ3v) is 3.08. The molecule has 2 rings (SSSR count). The zero-order valence-corrected chi connectivity index (χ0v) is 9.65. The van der Waals surface area contributed by atoms with Gasteiger partial charge in [0.05, 0.1) is 11.8 Å². The smallest absolute Gasteiger partial charge is 0.405 e. The number of anilines is 1. The second-order valence-electron chi connectivity index (χ2n) is 3.36. The summed E-state index contributed by atoms with van der Waals surface area (Å²) in [6, 6.07) is 10.4. The summed E-state index contributed by atoms with van der Waals surface area (Å²) in [4.78, 5) is 10.9. The number of rotatable bonds is 4. The van der Waals surface area contributed by atoms with Crippen molar-refractivity contribution in [2.45, 2.75) is 10.6 Å². The first-order valence-electron chi connectivity index (χ1n) is 4.86. The zero-order chi connectivity index (χ0) is 12.3. The molecule has 0 bridgehead atoms. The minimum Gasteiger partial charge on any atom is -0.405 e. The number of furan rings is 1. The third-order valence-electron chi connectivity index (χ3n) is 2.07. The molecule has 1 aromatic carbocycles. The maximum absolute atomic E-state index is 10.4. The molecule has 0 saturated heterocycles. The van der Waals surface area contributed by atoms with E-state index in [0.717, 1.165) is 4.90 Å². The molecule has 0 radical (unpaired) electrons. The first kappa shape index (κ1) is 11.5. The van der Waals surface area contributed by atoms with Crippen molar-refractivity contribution < 1.29 is 9.34 Å². The van der Waals surface area contributed by atoms with Crippen LogP contribution in [0.4, 0.5) is 11.6 Å². The highest BCUT2D eigenvalue weighted by Crippen LogP contribution is 2.26. The van der Waals surface area contributed by atoms with Crippen LogP contribution in [-0.4, -0.2) is 4.92 Å². The number of hydrogen-bond donors (Lipinski definition) is 1. The Labute approximate surface area is 102 Å². The Hall–Kier alpha value is -1.95. The SMILES string of the molecule is Nc1cccc(SCc2ccc([N+](=O)[O-])o2)c1. The van der Waals surface area contributed by atoms with Crippen LogP contribution < -0.4 is 5.73 Å². The molecule has 0 spiro atoms. The van der Waals surface area contributed by atoms with E-state index in [4.69, 9.17) is 10.2 Å². The van der Waals surface area contributed by atoms with E-state index in [1.165, 1.54) is 17.8 Å². The second-order valence-corrected chi connectivity index (χ2v) is 4.41. The summed E-state index contributed by atoms with van der Waals surface area (Å²) in [5, 5.41) is 10.4. The number of nitrogens with two attached hydrogens (primary N) is 1. The molecule has 0 atom stereocenters. The number of nitrogens with zero attached hydrogens (tertiary/aromatic N) is 1. The van der Waals surface area contributed by atoms with Crippen LogP contribution in [0.1, 0.15) is 5.76 Å². The number of thioether (sulfide) groups is 1. The minimum atomic E-state index is -0.547. The summed E-state index contributed by atoms with van der Waals surface area (Å²) >= 11 is 1.52. The fourth-order valence-electron chi connectivity index (χ4n) is 1.30. The van der Waals surface area contributed by atoms with E-state index >= 15 is 0 Å². The van der Waals surface area contributed by atoms with Gasteiger partial charge in [-0.25, -0.2) is 0 Å². The fourth-order valence-corrected chi connectivity index (χ4v) is 2.16. The van der Waals surface area contributed by atoms with Crippen molar-refractivity contribution in [3.05, 3.63) is 52.3 Å². The van der Waals surface area contributed by atoms with Crippen molar-refractivity contribution in [2.75, 3.05) is 5.73 Å². The Balaban J connectivity index is 2.00. The Morgan fingerprint density at radius 2 is 2.18 bits per heavy atom. The van der Waals surface area contributed by atoms with Crippen LogP contribution in [0, 0.1) is 10.1 Å². The summed E-state index contributed by atoms with van der Waals surface area (Å²) in [7, 11) is 0. The molecule has 0 fully saturated rings. The van der Waals surface area contributed by atoms with Crippen LogP contribution in [0.5, 0.6) is 0 Å². The number of nitrogen functional groups attached to an aromatic ring is 1. The highest BCUT2D eigenvalue weighted by molar-refractivity contribution is 7.98.